The third-order valence-electron chi connectivity index (χ3n) is 4.91. The monoisotopic (exact) mass is 432 g/mol. The average Bonchev–Trinajstić information content (AvgIpc) is 2.70. The lowest BCUT2D eigenvalue weighted by Crippen LogP contribution is -2.18. The summed E-state index contributed by atoms with van der Waals surface area (Å²) in [7, 11) is 2.38. The van der Waals surface area contributed by atoms with Crippen molar-refractivity contribution in [1.29, 1.82) is 0 Å². The van der Waals surface area contributed by atoms with Crippen LogP contribution in [0.2, 0.25) is 0 Å². The van der Waals surface area contributed by atoms with Crippen molar-refractivity contribution >= 4 is 18.9 Å². The van der Waals surface area contributed by atoms with Crippen LogP contribution in [0, 0.1) is 11.3 Å². The number of carbonyl (C=O) groups is 1. The summed E-state index contributed by atoms with van der Waals surface area (Å²) in [5, 5.41) is 0.605. The first-order valence-electron chi connectivity index (χ1n) is 10.1. The van der Waals surface area contributed by atoms with Gasteiger partial charge in [-0.3, -0.25) is 4.79 Å². The molecule has 0 heterocycles. The van der Waals surface area contributed by atoms with Crippen LogP contribution in [0.25, 0.3) is 0 Å². The predicted molar refractivity (Wildman–Crippen MR) is 123 cm³/mol. The molecule has 2 rings (SSSR count). The zero-order valence-corrected chi connectivity index (χ0v) is 20.0. The number of rotatable bonds is 9. The van der Waals surface area contributed by atoms with Gasteiger partial charge in [-0.05, 0) is 17.8 Å². The Balaban J connectivity index is 2.45. The number of carbonyl (C=O) groups excluding carboxylic acids is 1. The molecule has 2 aromatic rings. The van der Waals surface area contributed by atoms with Gasteiger partial charge in [-0.2, -0.15) is 0 Å². The molecule has 30 heavy (non-hydrogen) atoms. The number of ether oxygens (including phenoxy) is 3. The summed E-state index contributed by atoms with van der Waals surface area (Å²) in [6, 6.07) is 10.4. The van der Waals surface area contributed by atoms with Gasteiger partial charge in [-0.1, -0.05) is 52.0 Å². The number of methoxy groups -OCH3 is 3. The van der Waals surface area contributed by atoms with Gasteiger partial charge in [0.05, 0.1) is 21.3 Å². The largest absolute Gasteiger partial charge is 0.496 e. The first-order chi connectivity index (χ1) is 14.1. The fraction of sp³-hybridized carbons (Fsp3) is 0.458. The van der Waals surface area contributed by atoms with Gasteiger partial charge in [0.2, 0.25) is 5.78 Å². The van der Waals surface area contributed by atoms with E-state index in [0.717, 1.165) is 6.42 Å². The van der Waals surface area contributed by atoms with Crippen molar-refractivity contribution in [2.24, 2.45) is 11.3 Å². The second-order valence-electron chi connectivity index (χ2n) is 8.78. The van der Waals surface area contributed by atoms with Crippen LogP contribution in [0.3, 0.4) is 0 Å². The molecule has 0 aliphatic heterocycles. The van der Waals surface area contributed by atoms with Crippen molar-refractivity contribution < 1.29 is 23.6 Å². The highest BCUT2D eigenvalue weighted by Crippen LogP contribution is 2.37. The standard InChI is InChI=1S/C24H33O5P/c1-16(14-24(2,3)4)15-30(26)21-11-9-8-10-18(21)23(25)22-19(28-6)12-17(27-5)13-20(22)29-7/h8-13,16,30H,14-15H2,1-7H3. The van der Waals surface area contributed by atoms with Crippen LogP contribution in [0.15, 0.2) is 36.4 Å². The Labute approximate surface area is 180 Å². The van der Waals surface area contributed by atoms with E-state index in [1.807, 2.05) is 6.07 Å². The van der Waals surface area contributed by atoms with Crippen LogP contribution < -0.4 is 19.5 Å². The normalized spacial score (nSPS) is 13.4. The summed E-state index contributed by atoms with van der Waals surface area (Å²) in [5.41, 5.74) is 0.887. The highest BCUT2D eigenvalue weighted by molar-refractivity contribution is 7.53. The predicted octanol–water partition coefficient (Wildman–Crippen LogP) is 5.20. The molecule has 5 nitrogen and oxygen atoms in total. The Bertz CT molecular complexity index is 889. The second-order valence-corrected chi connectivity index (χ2v) is 10.6. The zero-order chi connectivity index (χ0) is 22.5. The summed E-state index contributed by atoms with van der Waals surface area (Å²) >= 11 is 0. The molecule has 0 saturated carbocycles. The molecule has 0 aromatic heterocycles. The van der Waals surface area contributed by atoms with Crippen LogP contribution in [0.5, 0.6) is 17.2 Å². The SMILES string of the molecule is COc1cc(OC)c(C(=O)c2ccccc2[PH](=O)CC(C)CC(C)(C)C)c(OC)c1. The molecule has 0 N–H and O–H groups in total. The number of ketones is 1. The lowest BCUT2D eigenvalue weighted by molar-refractivity contribution is 0.103. The fourth-order valence-electron chi connectivity index (χ4n) is 3.83. The minimum Gasteiger partial charge on any atom is -0.496 e. The van der Waals surface area contributed by atoms with Crippen molar-refractivity contribution in [2.75, 3.05) is 27.5 Å². The van der Waals surface area contributed by atoms with E-state index < -0.39 is 7.80 Å². The van der Waals surface area contributed by atoms with E-state index in [1.54, 1.807) is 30.3 Å². The molecule has 2 unspecified atom stereocenters. The first kappa shape index (κ1) is 24.0. The average molecular weight is 432 g/mol. The molecule has 164 valence electrons. The first-order valence-corrected chi connectivity index (χ1v) is 11.7. The molecule has 0 amide bonds. The molecule has 0 fully saturated rings. The van der Waals surface area contributed by atoms with Crippen molar-refractivity contribution in [3.63, 3.8) is 0 Å². The van der Waals surface area contributed by atoms with E-state index in [-0.39, 0.29) is 11.2 Å². The molecule has 0 bridgehead atoms. The molecular formula is C24H33O5P. The topological polar surface area (TPSA) is 61.8 Å². The van der Waals surface area contributed by atoms with Gasteiger partial charge in [-0.15, -0.1) is 0 Å². The van der Waals surface area contributed by atoms with Crippen LogP contribution in [0.1, 0.15) is 50.0 Å². The van der Waals surface area contributed by atoms with Gasteiger partial charge >= 0.3 is 0 Å². The molecule has 0 radical (unpaired) electrons. The number of hydrogen-bond acceptors (Lipinski definition) is 5. The third-order valence-corrected chi connectivity index (χ3v) is 7.01. The molecule has 0 aliphatic carbocycles. The summed E-state index contributed by atoms with van der Waals surface area (Å²) in [6.07, 6.45) is 1.54. The minimum absolute atomic E-state index is 0.167. The Morgan fingerprint density at radius 2 is 1.57 bits per heavy atom. The van der Waals surface area contributed by atoms with Crippen LogP contribution in [-0.2, 0) is 4.57 Å². The van der Waals surface area contributed by atoms with Gasteiger partial charge in [0.25, 0.3) is 0 Å². The van der Waals surface area contributed by atoms with E-state index in [2.05, 4.69) is 27.7 Å². The molecule has 0 spiro atoms. The smallest absolute Gasteiger partial charge is 0.201 e. The molecule has 2 aromatic carbocycles. The van der Waals surface area contributed by atoms with Gasteiger partial charge < -0.3 is 18.8 Å². The maximum Gasteiger partial charge on any atom is 0.201 e. The highest BCUT2D eigenvalue weighted by Gasteiger charge is 2.26. The molecule has 6 heteroatoms. The number of benzene rings is 2. The summed E-state index contributed by atoms with van der Waals surface area (Å²) in [4.78, 5) is 13.5. The summed E-state index contributed by atoms with van der Waals surface area (Å²) in [5.74, 6) is 1.25. The quantitative estimate of drug-likeness (QED) is 0.403. The van der Waals surface area contributed by atoms with Gasteiger partial charge in [0, 0.05) is 29.2 Å². The third kappa shape index (κ3) is 5.89. The minimum atomic E-state index is -2.15. The van der Waals surface area contributed by atoms with Crippen LogP contribution in [-0.4, -0.2) is 33.3 Å². The molecule has 2 atom stereocenters. The lowest BCUT2D eigenvalue weighted by Gasteiger charge is -2.23. The van der Waals surface area contributed by atoms with E-state index in [0.29, 0.717) is 45.8 Å². The Morgan fingerprint density at radius 3 is 2.07 bits per heavy atom. The second kappa shape index (κ2) is 10.2. The van der Waals surface area contributed by atoms with Crippen molar-refractivity contribution in [3.05, 3.63) is 47.5 Å². The Kier molecular flexibility index (Phi) is 8.14. The molecule has 0 saturated heterocycles. The highest BCUT2D eigenvalue weighted by atomic mass is 31.1. The fourth-order valence-corrected chi connectivity index (χ4v) is 5.61. The van der Waals surface area contributed by atoms with Crippen molar-refractivity contribution in [1.82, 2.24) is 0 Å². The zero-order valence-electron chi connectivity index (χ0n) is 19.0. The van der Waals surface area contributed by atoms with Gasteiger partial charge in [0.1, 0.15) is 30.6 Å². The summed E-state index contributed by atoms with van der Waals surface area (Å²) in [6.45, 7) is 8.66. The Morgan fingerprint density at radius 1 is 1.00 bits per heavy atom. The van der Waals surface area contributed by atoms with E-state index in [9.17, 15) is 9.36 Å². The maximum atomic E-state index is 13.5. The van der Waals surface area contributed by atoms with Crippen LogP contribution in [0.4, 0.5) is 0 Å². The van der Waals surface area contributed by atoms with Crippen molar-refractivity contribution in [2.45, 2.75) is 34.1 Å². The molecule has 0 aliphatic rings. The van der Waals surface area contributed by atoms with Crippen molar-refractivity contribution in [3.8, 4) is 17.2 Å². The molecular weight excluding hydrogens is 399 g/mol. The van der Waals surface area contributed by atoms with E-state index >= 15 is 0 Å². The van der Waals surface area contributed by atoms with E-state index in [1.165, 1.54) is 21.3 Å². The van der Waals surface area contributed by atoms with Crippen LogP contribution >= 0.6 is 7.80 Å². The maximum absolute atomic E-state index is 13.5. The Hall–Kier alpha value is -2.26. The van der Waals surface area contributed by atoms with E-state index in [4.69, 9.17) is 14.2 Å². The van der Waals surface area contributed by atoms with Gasteiger partial charge in [0.15, 0.2) is 0 Å². The number of hydrogen-bond donors (Lipinski definition) is 0. The van der Waals surface area contributed by atoms with Gasteiger partial charge in [-0.25, -0.2) is 0 Å². The lowest BCUT2D eigenvalue weighted by atomic mass is 9.86. The summed E-state index contributed by atoms with van der Waals surface area (Å²) < 4.78 is 29.4.